The van der Waals surface area contributed by atoms with Crippen molar-refractivity contribution < 1.29 is 9.53 Å². The molecule has 27 heavy (non-hydrogen) atoms. The van der Waals surface area contributed by atoms with Crippen LogP contribution in [0.4, 0.5) is 0 Å². The van der Waals surface area contributed by atoms with Crippen molar-refractivity contribution in [3.05, 3.63) is 66.0 Å². The zero-order valence-electron chi connectivity index (χ0n) is 15.7. The second-order valence-corrected chi connectivity index (χ2v) is 6.65. The van der Waals surface area contributed by atoms with E-state index in [4.69, 9.17) is 9.53 Å². The molecule has 140 valence electrons. The molecule has 2 N–H and O–H groups in total. The number of hydrogen-bond acceptors (Lipinski definition) is 3. The highest BCUT2D eigenvalue weighted by molar-refractivity contribution is 5.95. The maximum Gasteiger partial charge on any atom is 0.147 e. The topological polar surface area (TPSA) is 54.1 Å². The first kappa shape index (κ1) is 18.9. The number of dihydropyridines is 1. The lowest BCUT2D eigenvalue weighted by Crippen LogP contribution is -2.35. The van der Waals surface area contributed by atoms with Gasteiger partial charge in [0.1, 0.15) is 13.0 Å². The van der Waals surface area contributed by atoms with Gasteiger partial charge >= 0.3 is 0 Å². The lowest BCUT2D eigenvalue weighted by Gasteiger charge is -2.30. The Balaban J connectivity index is 0.00000102. The fourth-order valence-corrected chi connectivity index (χ4v) is 3.38. The molecular formula is C23H26N2O2. The van der Waals surface area contributed by atoms with Crippen molar-refractivity contribution in [3.8, 4) is 0 Å². The number of aromatic nitrogens is 1. The number of rotatable bonds is 5. The summed E-state index contributed by atoms with van der Waals surface area (Å²) in [6.07, 6.45) is 16.4. The number of hydrogen-bond donors (Lipinski definition) is 2. The summed E-state index contributed by atoms with van der Waals surface area (Å²) in [5, 5.41) is 4.55. The van der Waals surface area contributed by atoms with Crippen molar-refractivity contribution in [2.45, 2.75) is 38.5 Å². The fourth-order valence-electron chi connectivity index (χ4n) is 3.38. The van der Waals surface area contributed by atoms with Crippen molar-refractivity contribution in [1.82, 2.24) is 10.3 Å². The van der Waals surface area contributed by atoms with Crippen molar-refractivity contribution in [2.75, 3.05) is 0 Å². The zero-order chi connectivity index (χ0) is 19.2. The number of aromatic amines is 1. The predicted octanol–water partition coefficient (Wildman–Crippen LogP) is 5.05. The molecule has 0 radical (unpaired) electrons. The first-order valence-corrected chi connectivity index (χ1v) is 9.28. The Bertz CT molecular complexity index is 900. The van der Waals surface area contributed by atoms with E-state index in [1.807, 2.05) is 25.9 Å². The molecule has 1 fully saturated rings. The van der Waals surface area contributed by atoms with Gasteiger partial charge in [0.25, 0.3) is 0 Å². The summed E-state index contributed by atoms with van der Waals surface area (Å²) in [6, 6.07) is 6.52. The van der Waals surface area contributed by atoms with Gasteiger partial charge in [0.05, 0.1) is 6.10 Å². The first-order valence-electron chi connectivity index (χ1n) is 9.28. The lowest BCUT2D eigenvalue weighted by molar-refractivity contribution is -0.0980. The van der Waals surface area contributed by atoms with Crippen LogP contribution in [0.25, 0.3) is 28.6 Å². The summed E-state index contributed by atoms with van der Waals surface area (Å²) >= 11 is 0. The van der Waals surface area contributed by atoms with E-state index < -0.39 is 0 Å². The van der Waals surface area contributed by atoms with Crippen molar-refractivity contribution >= 4 is 35.4 Å². The molecular weight excluding hydrogens is 336 g/mol. The molecule has 2 heterocycles. The summed E-state index contributed by atoms with van der Waals surface area (Å²) in [5.74, 6) is 0. The van der Waals surface area contributed by atoms with E-state index >= 15 is 0 Å². The number of allylic oxidation sites excluding steroid dienone is 3. The van der Waals surface area contributed by atoms with E-state index in [9.17, 15) is 0 Å². The number of H-pyrrole nitrogens is 1. The highest BCUT2D eigenvalue weighted by Gasteiger charge is 2.22. The third-order valence-electron chi connectivity index (χ3n) is 4.98. The smallest absolute Gasteiger partial charge is 0.147 e. The Morgan fingerprint density at radius 1 is 1.26 bits per heavy atom. The molecule has 2 aliphatic rings. The maximum atomic E-state index is 8.00. The molecule has 0 saturated heterocycles. The average molecular weight is 362 g/mol. The summed E-state index contributed by atoms with van der Waals surface area (Å²) in [4.78, 5) is 11.5. The summed E-state index contributed by atoms with van der Waals surface area (Å²) in [7, 11) is 0. The normalized spacial score (nSPS) is 19.1. The van der Waals surface area contributed by atoms with Gasteiger partial charge < -0.3 is 19.8 Å². The lowest BCUT2D eigenvalue weighted by atomic mass is 9.96. The second kappa shape index (κ2) is 8.69. The molecule has 1 saturated carbocycles. The van der Waals surface area contributed by atoms with Crippen LogP contribution < -0.4 is 5.32 Å². The van der Waals surface area contributed by atoms with Crippen LogP contribution in [0.15, 0.2) is 49.2 Å². The van der Waals surface area contributed by atoms with Crippen LogP contribution in [0.5, 0.6) is 0 Å². The van der Waals surface area contributed by atoms with Gasteiger partial charge in [-0.1, -0.05) is 36.9 Å². The summed E-state index contributed by atoms with van der Waals surface area (Å²) in [5.41, 5.74) is 5.73. The Kier molecular flexibility index (Phi) is 6.09. The minimum absolute atomic E-state index is 0.00284. The number of ether oxygens (including phenoxy) is 1. The Morgan fingerprint density at radius 2 is 2.07 bits per heavy atom. The number of nitrogens with one attached hydrogen (secondary N) is 2. The van der Waals surface area contributed by atoms with Gasteiger partial charge in [-0.05, 0) is 55.5 Å². The molecule has 1 aromatic heterocycles. The van der Waals surface area contributed by atoms with E-state index in [0.29, 0.717) is 6.10 Å². The molecule has 4 nitrogen and oxygen atoms in total. The third kappa shape index (κ3) is 3.96. The molecule has 1 aliphatic carbocycles. The highest BCUT2D eigenvalue weighted by atomic mass is 16.5. The predicted molar refractivity (Wildman–Crippen MR) is 113 cm³/mol. The standard InChI is InChI=1S/C22H24N2O.CH2O/c1-3-6-20-18(4-2)19-11-9-15(13-21(19)24-20)16-10-12-22(23-14-16)25-17-7-5-8-17;1-2/h3-4,6,9-14,17,22-24H,2,5,7-8H2,1H3;1H2/b6-3-;. The molecule has 0 spiro atoms. The van der Waals surface area contributed by atoms with Gasteiger partial charge in [-0.15, -0.1) is 0 Å². The Hall–Kier alpha value is -2.85. The second-order valence-electron chi connectivity index (χ2n) is 6.65. The van der Waals surface area contributed by atoms with Crippen molar-refractivity contribution in [1.29, 1.82) is 0 Å². The van der Waals surface area contributed by atoms with Crippen LogP contribution in [-0.4, -0.2) is 24.1 Å². The number of fused-ring (bicyclic) bond motifs is 1. The summed E-state index contributed by atoms with van der Waals surface area (Å²) < 4.78 is 5.97. The van der Waals surface area contributed by atoms with Crippen LogP contribution in [-0.2, 0) is 9.53 Å². The molecule has 0 amide bonds. The third-order valence-corrected chi connectivity index (χ3v) is 4.98. The Morgan fingerprint density at radius 3 is 2.67 bits per heavy atom. The molecule has 4 heteroatoms. The maximum absolute atomic E-state index is 8.00. The van der Waals surface area contributed by atoms with Crippen LogP contribution in [0, 0.1) is 0 Å². The minimum Gasteiger partial charge on any atom is -0.362 e. The molecule has 4 rings (SSSR count). The monoisotopic (exact) mass is 362 g/mol. The molecule has 1 atom stereocenters. The number of benzene rings is 1. The van der Waals surface area contributed by atoms with Crippen molar-refractivity contribution in [2.24, 2.45) is 0 Å². The van der Waals surface area contributed by atoms with Crippen LogP contribution in [0.1, 0.15) is 43.0 Å². The molecule has 1 aromatic carbocycles. The minimum atomic E-state index is -0.00284. The van der Waals surface area contributed by atoms with Crippen LogP contribution >= 0.6 is 0 Å². The fraction of sp³-hybridized carbons (Fsp3) is 0.261. The van der Waals surface area contributed by atoms with Gasteiger partial charge in [-0.3, -0.25) is 0 Å². The van der Waals surface area contributed by atoms with Gasteiger partial charge in [0, 0.05) is 28.4 Å². The van der Waals surface area contributed by atoms with Gasteiger partial charge in [-0.25, -0.2) is 0 Å². The first-order chi connectivity index (χ1) is 13.3. The van der Waals surface area contributed by atoms with Crippen LogP contribution in [0.2, 0.25) is 0 Å². The quantitative estimate of drug-likeness (QED) is 0.782. The number of carbonyl (C=O) groups excluding carboxylic acids is 1. The molecule has 1 aliphatic heterocycles. The van der Waals surface area contributed by atoms with Crippen molar-refractivity contribution in [3.63, 3.8) is 0 Å². The molecule has 0 bridgehead atoms. The zero-order valence-corrected chi connectivity index (χ0v) is 15.7. The SMILES string of the molecule is C=Cc1c(/C=C\C)[nH]c2cc(C3=CNC(OC4CCC4)C=C3)ccc12.C=O. The van der Waals surface area contributed by atoms with E-state index in [-0.39, 0.29) is 6.23 Å². The van der Waals surface area contributed by atoms with E-state index in [2.05, 4.69) is 59.5 Å². The van der Waals surface area contributed by atoms with Gasteiger partial charge in [0.2, 0.25) is 0 Å². The van der Waals surface area contributed by atoms with E-state index in [1.54, 1.807) is 0 Å². The highest BCUT2D eigenvalue weighted by Crippen LogP contribution is 2.29. The van der Waals surface area contributed by atoms with Gasteiger partial charge in [0.15, 0.2) is 0 Å². The number of carbonyl (C=O) groups is 1. The largest absolute Gasteiger partial charge is 0.362 e. The van der Waals surface area contributed by atoms with Gasteiger partial charge in [-0.2, -0.15) is 0 Å². The van der Waals surface area contributed by atoms with E-state index in [1.165, 1.54) is 30.2 Å². The van der Waals surface area contributed by atoms with E-state index in [0.717, 1.165) is 22.3 Å². The Labute approximate surface area is 160 Å². The van der Waals surface area contributed by atoms with Crippen LogP contribution in [0.3, 0.4) is 0 Å². The molecule has 1 unspecified atom stereocenters. The summed E-state index contributed by atoms with van der Waals surface area (Å²) in [6.45, 7) is 7.97. The molecule has 2 aromatic rings. The average Bonchev–Trinajstić information content (AvgIpc) is 3.03.